The first-order chi connectivity index (χ1) is 5.27. The number of hydrogen-bond acceptors (Lipinski definition) is 3. The fraction of sp³-hybridized carbons (Fsp3) is 0.286. The molecule has 1 aliphatic rings. The molecule has 0 radical (unpaired) electrons. The zero-order valence-electron chi connectivity index (χ0n) is 6.02. The highest BCUT2D eigenvalue weighted by atomic mass is 16.5. The van der Waals surface area contributed by atoms with Gasteiger partial charge in [0, 0.05) is 6.08 Å². The molecule has 0 aromatic heterocycles. The summed E-state index contributed by atoms with van der Waals surface area (Å²) in [5.41, 5.74) is 8.42. The minimum absolute atomic E-state index is 0.151. The monoisotopic (exact) mass is 151 g/mol. The normalized spacial score (nSPS) is 22.8. The van der Waals surface area contributed by atoms with Gasteiger partial charge in [0.25, 0.3) is 0 Å². The van der Waals surface area contributed by atoms with Crippen molar-refractivity contribution in [2.24, 2.45) is 5.11 Å². The van der Waals surface area contributed by atoms with Crippen LogP contribution in [0, 0.1) is 0 Å². The average molecular weight is 151 g/mol. The second kappa shape index (κ2) is 3.09. The molecule has 0 saturated heterocycles. The lowest BCUT2D eigenvalue weighted by Crippen LogP contribution is -2.12. The van der Waals surface area contributed by atoms with Gasteiger partial charge in [0.1, 0.15) is 11.8 Å². The van der Waals surface area contributed by atoms with E-state index in [2.05, 4.69) is 5.11 Å². The Morgan fingerprint density at radius 2 is 2.45 bits per heavy atom. The van der Waals surface area contributed by atoms with Gasteiger partial charge < -0.3 is 15.4 Å². The third kappa shape index (κ3) is 1.52. The van der Waals surface area contributed by atoms with Gasteiger partial charge >= 0.3 is 0 Å². The number of allylic oxidation sites excluding steroid dienone is 2. The fourth-order valence-corrected chi connectivity index (χ4v) is 0.830. The van der Waals surface area contributed by atoms with Crippen LogP contribution in [-0.2, 0) is 9.53 Å². The van der Waals surface area contributed by atoms with Crippen molar-refractivity contribution in [1.29, 1.82) is 0 Å². The first kappa shape index (κ1) is 7.65. The van der Waals surface area contributed by atoms with Crippen molar-refractivity contribution >= 4 is 5.78 Å². The molecule has 0 spiro atoms. The van der Waals surface area contributed by atoms with Gasteiger partial charge in [0.2, 0.25) is 0 Å². The molecule has 0 aromatic carbocycles. The Kier molecular flexibility index (Phi) is 2.15. The van der Waals surface area contributed by atoms with E-state index in [1.54, 1.807) is 0 Å². The van der Waals surface area contributed by atoms with Crippen LogP contribution in [0.1, 0.15) is 0 Å². The van der Waals surface area contributed by atoms with Crippen LogP contribution in [0.2, 0.25) is 0 Å². The van der Waals surface area contributed by atoms with E-state index in [0.717, 1.165) is 0 Å². The Balaban J connectivity index is 2.85. The molecule has 1 atom stereocenters. The second-order valence-corrected chi connectivity index (χ2v) is 2.07. The van der Waals surface area contributed by atoms with Crippen molar-refractivity contribution < 1.29 is 9.53 Å². The van der Waals surface area contributed by atoms with Gasteiger partial charge in [0.15, 0.2) is 5.78 Å². The van der Waals surface area contributed by atoms with Crippen LogP contribution >= 0.6 is 0 Å². The predicted molar refractivity (Wildman–Crippen MR) is 38.8 cm³/mol. The van der Waals surface area contributed by atoms with Gasteiger partial charge in [-0.25, -0.2) is 0 Å². The Hall–Kier alpha value is -1.45. The molecular formula is C7H7N2O2-. The van der Waals surface area contributed by atoms with Crippen LogP contribution < -0.4 is 0 Å². The minimum Gasteiger partial charge on any atom is -0.711 e. The predicted octanol–water partition coefficient (Wildman–Crippen LogP) is 1.05. The molecule has 4 nitrogen and oxygen atoms in total. The molecule has 0 aromatic rings. The van der Waals surface area contributed by atoms with Crippen LogP contribution in [0.5, 0.6) is 0 Å². The van der Waals surface area contributed by atoms with E-state index in [-0.39, 0.29) is 5.78 Å². The summed E-state index contributed by atoms with van der Waals surface area (Å²) in [5.74, 6) is 0.210. The molecule has 0 fully saturated rings. The number of ether oxygens (including phenoxy) is 1. The average Bonchev–Trinajstić information content (AvgIpc) is 2.04. The molecule has 1 rings (SSSR count). The fourth-order valence-electron chi connectivity index (χ4n) is 0.830. The van der Waals surface area contributed by atoms with Gasteiger partial charge in [-0.3, -0.25) is 4.79 Å². The molecule has 0 saturated carbocycles. The maximum Gasteiger partial charge on any atom is 0.181 e. The largest absolute Gasteiger partial charge is 0.711 e. The summed E-state index contributed by atoms with van der Waals surface area (Å²) in [7, 11) is 1.43. The van der Waals surface area contributed by atoms with Crippen LogP contribution in [0.4, 0.5) is 0 Å². The molecule has 11 heavy (non-hydrogen) atoms. The summed E-state index contributed by atoms with van der Waals surface area (Å²) >= 11 is 0. The summed E-state index contributed by atoms with van der Waals surface area (Å²) in [6.07, 6.45) is 4.11. The maximum atomic E-state index is 10.7. The van der Waals surface area contributed by atoms with E-state index >= 15 is 0 Å². The maximum absolute atomic E-state index is 10.7. The van der Waals surface area contributed by atoms with Crippen molar-refractivity contribution in [2.45, 2.75) is 6.04 Å². The summed E-state index contributed by atoms with van der Waals surface area (Å²) in [6, 6.07) is -0.530. The molecule has 0 aliphatic heterocycles. The molecule has 4 heteroatoms. The van der Waals surface area contributed by atoms with Crippen molar-refractivity contribution in [3.8, 4) is 0 Å². The quantitative estimate of drug-likeness (QED) is 0.553. The number of methoxy groups -OCH3 is 1. The third-order valence-corrected chi connectivity index (χ3v) is 1.38. The van der Waals surface area contributed by atoms with Gasteiger partial charge in [-0.15, -0.1) is 0 Å². The number of nitrogens with zero attached hydrogens (tertiary/aromatic N) is 2. The van der Waals surface area contributed by atoms with Crippen molar-refractivity contribution in [2.75, 3.05) is 7.11 Å². The van der Waals surface area contributed by atoms with Crippen LogP contribution in [0.15, 0.2) is 29.1 Å². The van der Waals surface area contributed by atoms with Gasteiger partial charge in [-0.1, -0.05) is 6.08 Å². The molecular weight excluding hydrogens is 144 g/mol. The van der Waals surface area contributed by atoms with E-state index < -0.39 is 6.04 Å². The Morgan fingerprint density at radius 3 is 3.00 bits per heavy atom. The zero-order valence-corrected chi connectivity index (χ0v) is 6.02. The Bertz CT molecular complexity index is 243. The highest BCUT2D eigenvalue weighted by Crippen LogP contribution is 2.13. The molecule has 1 aliphatic carbocycles. The van der Waals surface area contributed by atoms with E-state index in [0.29, 0.717) is 5.76 Å². The third-order valence-electron chi connectivity index (χ3n) is 1.38. The molecule has 0 bridgehead atoms. The summed E-state index contributed by atoms with van der Waals surface area (Å²) in [6.45, 7) is 0. The number of ketones is 1. The SMILES string of the molecule is COC1=CC(=O)C=CC1N=[N-]. The van der Waals surface area contributed by atoms with Crippen LogP contribution in [0.3, 0.4) is 0 Å². The standard InChI is InChI=1S/C7H7N2O2/c1-11-7-4-5(10)2-3-6(7)9-8/h2-4,6H,1H3/q-1. The lowest BCUT2D eigenvalue weighted by molar-refractivity contribution is -0.110. The van der Waals surface area contributed by atoms with Gasteiger partial charge in [-0.05, 0) is 6.08 Å². The van der Waals surface area contributed by atoms with E-state index in [1.807, 2.05) is 0 Å². The number of carbonyl (C=O) groups is 1. The van der Waals surface area contributed by atoms with E-state index in [4.69, 9.17) is 10.3 Å². The van der Waals surface area contributed by atoms with Gasteiger partial charge in [-0.2, -0.15) is 0 Å². The molecule has 58 valence electrons. The van der Waals surface area contributed by atoms with Crippen LogP contribution in [0.25, 0.3) is 5.53 Å². The molecule has 0 N–H and O–H groups in total. The second-order valence-electron chi connectivity index (χ2n) is 2.07. The molecule has 0 amide bonds. The lowest BCUT2D eigenvalue weighted by Gasteiger charge is -2.15. The van der Waals surface area contributed by atoms with Gasteiger partial charge in [0.05, 0.1) is 7.11 Å². The highest BCUT2D eigenvalue weighted by Gasteiger charge is 2.12. The Morgan fingerprint density at radius 1 is 1.73 bits per heavy atom. The molecule has 1 unspecified atom stereocenters. The summed E-state index contributed by atoms with van der Waals surface area (Å²) in [4.78, 5) is 10.7. The van der Waals surface area contributed by atoms with E-state index in [9.17, 15) is 4.79 Å². The number of hydrogen-bond donors (Lipinski definition) is 0. The topological polar surface area (TPSA) is 61.0 Å². The first-order valence-corrected chi connectivity index (χ1v) is 3.10. The highest BCUT2D eigenvalue weighted by molar-refractivity contribution is 6.00. The first-order valence-electron chi connectivity index (χ1n) is 3.10. The van der Waals surface area contributed by atoms with E-state index in [1.165, 1.54) is 25.3 Å². The van der Waals surface area contributed by atoms with Crippen molar-refractivity contribution in [3.05, 3.63) is 29.5 Å². The minimum atomic E-state index is -0.530. The zero-order chi connectivity index (χ0) is 8.27. The summed E-state index contributed by atoms with van der Waals surface area (Å²) < 4.78 is 4.80. The van der Waals surface area contributed by atoms with Crippen molar-refractivity contribution in [1.82, 2.24) is 0 Å². The van der Waals surface area contributed by atoms with Crippen molar-refractivity contribution in [3.63, 3.8) is 0 Å². The number of carbonyl (C=O) groups excluding carboxylic acids is 1. The number of rotatable bonds is 2. The smallest absolute Gasteiger partial charge is 0.181 e. The van der Waals surface area contributed by atoms with Crippen LogP contribution in [-0.4, -0.2) is 18.9 Å². The summed E-state index contributed by atoms with van der Waals surface area (Å²) in [5, 5.41) is 3.00. The Labute approximate surface area is 64.1 Å². The lowest BCUT2D eigenvalue weighted by atomic mass is 10.1. The molecule has 0 heterocycles.